The third-order valence-electron chi connectivity index (χ3n) is 4.40. The van der Waals surface area contributed by atoms with Gasteiger partial charge in [-0.15, -0.1) is 0 Å². The zero-order valence-electron chi connectivity index (χ0n) is 14.6. The highest BCUT2D eigenvalue weighted by Crippen LogP contribution is 2.33. The van der Waals surface area contributed by atoms with Crippen molar-refractivity contribution in [2.45, 2.75) is 46.1 Å². The average molecular weight is 353 g/mol. The van der Waals surface area contributed by atoms with Crippen LogP contribution in [0.15, 0.2) is 30.5 Å². The van der Waals surface area contributed by atoms with Crippen molar-refractivity contribution in [3.63, 3.8) is 0 Å². The first-order valence-corrected chi connectivity index (χ1v) is 9.11. The SMILES string of the molecule is CCCCCn1c(CC)nc2c(-c3ccc(C#N)cc3Cl)ccnc21. The van der Waals surface area contributed by atoms with Crippen LogP contribution in [0.1, 0.15) is 44.5 Å². The summed E-state index contributed by atoms with van der Waals surface area (Å²) in [7, 11) is 0. The molecule has 0 aliphatic heterocycles. The maximum Gasteiger partial charge on any atom is 0.160 e. The van der Waals surface area contributed by atoms with Crippen LogP contribution in [0.25, 0.3) is 22.3 Å². The first-order chi connectivity index (χ1) is 12.2. The van der Waals surface area contributed by atoms with E-state index in [4.69, 9.17) is 21.8 Å². The smallest absolute Gasteiger partial charge is 0.160 e. The molecule has 0 radical (unpaired) electrons. The van der Waals surface area contributed by atoms with Crippen molar-refractivity contribution < 1.29 is 0 Å². The first-order valence-electron chi connectivity index (χ1n) is 8.73. The largest absolute Gasteiger partial charge is 0.313 e. The molecule has 0 bridgehead atoms. The van der Waals surface area contributed by atoms with Crippen molar-refractivity contribution in [3.05, 3.63) is 46.9 Å². The minimum absolute atomic E-state index is 0.554. The van der Waals surface area contributed by atoms with Gasteiger partial charge in [-0.25, -0.2) is 9.97 Å². The lowest BCUT2D eigenvalue weighted by Gasteiger charge is -2.08. The zero-order valence-corrected chi connectivity index (χ0v) is 15.3. The molecule has 4 nitrogen and oxygen atoms in total. The molecule has 128 valence electrons. The molecule has 1 aromatic carbocycles. The van der Waals surface area contributed by atoms with Gasteiger partial charge >= 0.3 is 0 Å². The quantitative estimate of drug-likeness (QED) is 0.560. The third-order valence-corrected chi connectivity index (χ3v) is 4.72. The van der Waals surface area contributed by atoms with Crippen molar-refractivity contribution in [2.24, 2.45) is 0 Å². The number of rotatable bonds is 6. The molecule has 3 rings (SSSR count). The van der Waals surface area contributed by atoms with E-state index in [0.29, 0.717) is 10.6 Å². The van der Waals surface area contributed by atoms with Crippen molar-refractivity contribution in [3.8, 4) is 17.2 Å². The molecule has 0 saturated carbocycles. The van der Waals surface area contributed by atoms with E-state index >= 15 is 0 Å². The highest BCUT2D eigenvalue weighted by atomic mass is 35.5. The number of pyridine rings is 1. The number of halogens is 1. The fraction of sp³-hybridized carbons (Fsp3) is 0.350. The minimum atomic E-state index is 0.554. The Morgan fingerprint density at radius 1 is 1.16 bits per heavy atom. The van der Waals surface area contributed by atoms with Crippen LogP contribution in [0.2, 0.25) is 5.02 Å². The van der Waals surface area contributed by atoms with E-state index < -0.39 is 0 Å². The van der Waals surface area contributed by atoms with E-state index in [2.05, 4.69) is 29.5 Å². The lowest BCUT2D eigenvalue weighted by Crippen LogP contribution is -2.03. The summed E-state index contributed by atoms with van der Waals surface area (Å²) in [6, 6.07) is 9.43. The summed E-state index contributed by atoms with van der Waals surface area (Å²) in [5.74, 6) is 1.05. The number of aryl methyl sites for hydroxylation is 2. The molecule has 0 spiro atoms. The molecule has 0 atom stereocenters. The van der Waals surface area contributed by atoms with Crippen molar-refractivity contribution in [1.82, 2.24) is 14.5 Å². The Bertz CT molecular complexity index is 937. The lowest BCUT2D eigenvalue weighted by molar-refractivity contribution is 0.591. The number of aromatic nitrogens is 3. The molecule has 0 unspecified atom stereocenters. The van der Waals surface area contributed by atoms with Gasteiger partial charge < -0.3 is 4.57 Å². The molecule has 5 heteroatoms. The summed E-state index contributed by atoms with van der Waals surface area (Å²) < 4.78 is 2.23. The Balaban J connectivity index is 2.13. The van der Waals surface area contributed by atoms with Gasteiger partial charge in [-0.1, -0.05) is 44.4 Å². The van der Waals surface area contributed by atoms with Crippen molar-refractivity contribution >= 4 is 22.8 Å². The van der Waals surface area contributed by atoms with Gasteiger partial charge in [0.15, 0.2) is 5.65 Å². The molecular weight excluding hydrogens is 332 g/mol. The van der Waals surface area contributed by atoms with Gasteiger partial charge in [-0.3, -0.25) is 0 Å². The maximum atomic E-state index is 9.04. The van der Waals surface area contributed by atoms with Gasteiger partial charge in [0.05, 0.1) is 11.6 Å². The molecule has 2 heterocycles. The Labute approximate surface area is 153 Å². The van der Waals surface area contributed by atoms with E-state index in [-0.39, 0.29) is 0 Å². The summed E-state index contributed by atoms with van der Waals surface area (Å²) in [6.45, 7) is 5.26. The molecule has 3 aromatic rings. The molecule has 2 aromatic heterocycles. The molecular formula is C20H21ClN4. The van der Waals surface area contributed by atoms with E-state index in [1.807, 2.05) is 18.3 Å². The second-order valence-electron chi connectivity index (χ2n) is 6.08. The van der Waals surface area contributed by atoms with Gasteiger partial charge in [0, 0.05) is 35.3 Å². The van der Waals surface area contributed by atoms with E-state index in [1.54, 1.807) is 12.1 Å². The van der Waals surface area contributed by atoms with Crippen LogP contribution in [0.5, 0.6) is 0 Å². The van der Waals surface area contributed by atoms with Crippen LogP contribution < -0.4 is 0 Å². The number of hydrogen-bond donors (Lipinski definition) is 0. The van der Waals surface area contributed by atoms with Gasteiger partial charge in [-0.05, 0) is 24.6 Å². The fourth-order valence-corrected chi connectivity index (χ4v) is 3.39. The second-order valence-corrected chi connectivity index (χ2v) is 6.48. The Kier molecular flexibility index (Phi) is 5.35. The molecule has 0 fully saturated rings. The van der Waals surface area contributed by atoms with Gasteiger partial charge in [0.1, 0.15) is 11.3 Å². The monoisotopic (exact) mass is 352 g/mol. The lowest BCUT2D eigenvalue weighted by atomic mass is 10.0. The number of imidazole rings is 1. The predicted molar refractivity (Wildman–Crippen MR) is 102 cm³/mol. The molecule has 0 aliphatic rings. The number of hydrogen-bond acceptors (Lipinski definition) is 3. The van der Waals surface area contributed by atoms with Crippen LogP contribution in [0, 0.1) is 11.3 Å². The van der Waals surface area contributed by atoms with Crippen molar-refractivity contribution in [2.75, 3.05) is 0 Å². The first kappa shape index (κ1) is 17.4. The van der Waals surface area contributed by atoms with Gasteiger partial charge in [0.2, 0.25) is 0 Å². The van der Waals surface area contributed by atoms with Gasteiger partial charge in [0.25, 0.3) is 0 Å². The van der Waals surface area contributed by atoms with Gasteiger partial charge in [-0.2, -0.15) is 5.26 Å². The molecule has 0 amide bonds. The minimum Gasteiger partial charge on any atom is -0.313 e. The number of unbranched alkanes of at least 4 members (excludes halogenated alkanes) is 2. The van der Waals surface area contributed by atoms with Crippen LogP contribution in [0.3, 0.4) is 0 Å². The fourth-order valence-electron chi connectivity index (χ4n) is 3.11. The molecule has 0 saturated heterocycles. The number of benzene rings is 1. The maximum absolute atomic E-state index is 9.04. The summed E-state index contributed by atoms with van der Waals surface area (Å²) >= 11 is 6.42. The van der Waals surface area contributed by atoms with Crippen molar-refractivity contribution in [1.29, 1.82) is 5.26 Å². The topological polar surface area (TPSA) is 54.5 Å². The summed E-state index contributed by atoms with van der Waals surface area (Å²) in [5, 5.41) is 9.60. The van der Waals surface area contributed by atoms with E-state index in [0.717, 1.165) is 47.5 Å². The zero-order chi connectivity index (χ0) is 17.8. The normalized spacial score (nSPS) is 11.0. The predicted octanol–water partition coefficient (Wildman–Crippen LogP) is 5.38. The Hall–Kier alpha value is -2.38. The van der Waals surface area contributed by atoms with E-state index in [9.17, 15) is 0 Å². The third kappa shape index (κ3) is 3.38. The van der Waals surface area contributed by atoms with E-state index in [1.165, 1.54) is 12.8 Å². The molecule has 0 aliphatic carbocycles. The summed E-state index contributed by atoms with van der Waals surface area (Å²) in [6.07, 6.45) is 6.18. The molecule has 0 N–H and O–H groups in total. The van der Waals surface area contributed by atoms with Crippen LogP contribution >= 0.6 is 11.6 Å². The second kappa shape index (κ2) is 7.67. The number of fused-ring (bicyclic) bond motifs is 1. The molecule has 25 heavy (non-hydrogen) atoms. The summed E-state index contributed by atoms with van der Waals surface area (Å²) in [4.78, 5) is 9.43. The Morgan fingerprint density at radius 3 is 2.68 bits per heavy atom. The standard InChI is InChI=1S/C20H21ClN4/c1-3-5-6-11-25-18(4-2)24-19-16(9-10-23-20(19)25)15-8-7-14(13-22)12-17(15)21/h7-10,12H,3-6,11H2,1-2H3. The van der Waals surface area contributed by atoms with Crippen LogP contribution in [-0.2, 0) is 13.0 Å². The Morgan fingerprint density at radius 2 is 2.00 bits per heavy atom. The van der Waals surface area contributed by atoms with Crippen LogP contribution in [-0.4, -0.2) is 14.5 Å². The highest BCUT2D eigenvalue weighted by molar-refractivity contribution is 6.33. The highest BCUT2D eigenvalue weighted by Gasteiger charge is 2.16. The number of nitrogens with zero attached hydrogens (tertiary/aromatic N) is 4. The van der Waals surface area contributed by atoms with Crippen LogP contribution in [0.4, 0.5) is 0 Å². The summed E-state index contributed by atoms with van der Waals surface area (Å²) in [5.41, 5.74) is 4.18. The number of nitriles is 1. The average Bonchev–Trinajstić information content (AvgIpc) is 3.00.